The van der Waals surface area contributed by atoms with Gasteiger partial charge < -0.3 is 20.1 Å². The Morgan fingerprint density at radius 3 is 2.62 bits per heavy atom. The van der Waals surface area contributed by atoms with E-state index >= 15 is 0 Å². The minimum absolute atomic E-state index is 0.116. The summed E-state index contributed by atoms with van der Waals surface area (Å²) in [6, 6.07) is 5.99. The summed E-state index contributed by atoms with van der Waals surface area (Å²) >= 11 is 0. The van der Waals surface area contributed by atoms with Crippen LogP contribution in [0.2, 0.25) is 0 Å². The number of nitrogens with zero attached hydrogens (tertiary/aromatic N) is 1. The number of carbonyl (C=O) groups excluding carboxylic acids is 1. The van der Waals surface area contributed by atoms with Crippen molar-refractivity contribution < 1.29 is 14.3 Å². The third-order valence-electron chi connectivity index (χ3n) is 3.87. The summed E-state index contributed by atoms with van der Waals surface area (Å²) in [4.78, 5) is 14.4. The molecule has 21 heavy (non-hydrogen) atoms. The number of carbonyl (C=O) groups is 1. The van der Waals surface area contributed by atoms with Gasteiger partial charge in [-0.1, -0.05) is 6.92 Å². The van der Waals surface area contributed by atoms with Crippen molar-refractivity contribution in [2.75, 3.05) is 20.8 Å². The number of hydrogen-bond donors (Lipinski definition) is 1. The molecule has 1 aromatic rings. The van der Waals surface area contributed by atoms with Crippen LogP contribution >= 0.6 is 0 Å². The van der Waals surface area contributed by atoms with Crippen LogP contribution in [-0.4, -0.2) is 37.6 Å². The van der Waals surface area contributed by atoms with Gasteiger partial charge in [0.2, 0.25) is 5.91 Å². The van der Waals surface area contributed by atoms with Gasteiger partial charge in [0.05, 0.1) is 14.2 Å². The fourth-order valence-electron chi connectivity index (χ4n) is 2.35. The number of benzene rings is 1. The maximum absolute atomic E-state index is 12.5. The van der Waals surface area contributed by atoms with Crippen molar-refractivity contribution >= 4 is 5.91 Å². The zero-order valence-corrected chi connectivity index (χ0v) is 13.0. The van der Waals surface area contributed by atoms with Gasteiger partial charge in [0.25, 0.3) is 0 Å². The first-order chi connectivity index (χ1) is 10.1. The first-order valence-electron chi connectivity index (χ1n) is 7.32. The van der Waals surface area contributed by atoms with Crippen LogP contribution in [0, 0.1) is 5.92 Å². The minimum Gasteiger partial charge on any atom is -0.497 e. The van der Waals surface area contributed by atoms with E-state index in [9.17, 15) is 4.79 Å². The highest BCUT2D eigenvalue weighted by molar-refractivity contribution is 5.79. The lowest BCUT2D eigenvalue weighted by Crippen LogP contribution is -2.39. The number of ether oxygens (including phenoxy) is 2. The summed E-state index contributed by atoms with van der Waals surface area (Å²) in [6.45, 7) is 2.78. The Balaban J connectivity index is 2.22. The molecule has 2 rings (SSSR count). The zero-order chi connectivity index (χ0) is 15.4. The van der Waals surface area contributed by atoms with Crippen LogP contribution in [0.4, 0.5) is 0 Å². The minimum atomic E-state index is -0.151. The summed E-state index contributed by atoms with van der Waals surface area (Å²) in [5, 5.41) is 0. The topological polar surface area (TPSA) is 64.8 Å². The molecule has 2 N–H and O–H groups in total. The Hall–Kier alpha value is -1.75. The maximum atomic E-state index is 12.5. The van der Waals surface area contributed by atoms with Crippen molar-refractivity contribution in [3.63, 3.8) is 0 Å². The molecule has 116 valence electrons. The largest absolute Gasteiger partial charge is 0.497 e. The Labute approximate surface area is 126 Å². The lowest BCUT2D eigenvalue weighted by atomic mass is 10.1. The quantitative estimate of drug-likeness (QED) is 0.832. The van der Waals surface area contributed by atoms with E-state index in [-0.39, 0.29) is 11.8 Å². The molecule has 1 aliphatic carbocycles. The number of hydrogen-bond acceptors (Lipinski definition) is 4. The average Bonchev–Trinajstić information content (AvgIpc) is 3.35. The summed E-state index contributed by atoms with van der Waals surface area (Å²) < 4.78 is 10.7. The van der Waals surface area contributed by atoms with E-state index in [0.29, 0.717) is 19.1 Å². The van der Waals surface area contributed by atoms with E-state index in [1.807, 2.05) is 30.0 Å². The third kappa shape index (κ3) is 3.67. The predicted molar refractivity (Wildman–Crippen MR) is 81.3 cm³/mol. The van der Waals surface area contributed by atoms with Gasteiger partial charge in [0.1, 0.15) is 11.5 Å². The normalized spacial score (nSPS) is 15.4. The number of rotatable bonds is 7. The molecule has 1 amide bonds. The van der Waals surface area contributed by atoms with E-state index in [1.165, 1.54) is 0 Å². The summed E-state index contributed by atoms with van der Waals surface area (Å²) in [5.74, 6) is 1.50. The zero-order valence-electron chi connectivity index (χ0n) is 13.0. The molecular weight excluding hydrogens is 268 g/mol. The smallest absolute Gasteiger partial charge is 0.227 e. The average molecular weight is 292 g/mol. The molecule has 0 aliphatic heterocycles. The third-order valence-corrected chi connectivity index (χ3v) is 3.87. The van der Waals surface area contributed by atoms with Crippen LogP contribution in [0.3, 0.4) is 0 Å². The van der Waals surface area contributed by atoms with E-state index in [0.717, 1.165) is 29.9 Å². The van der Waals surface area contributed by atoms with Crippen LogP contribution in [-0.2, 0) is 11.3 Å². The summed E-state index contributed by atoms with van der Waals surface area (Å²) in [6.07, 6.45) is 2.13. The molecule has 5 nitrogen and oxygen atoms in total. The van der Waals surface area contributed by atoms with Crippen molar-refractivity contribution in [2.24, 2.45) is 11.7 Å². The second kappa shape index (κ2) is 6.80. The van der Waals surface area contributed by atoms with Crippen LogP contribution in [0.1, 0.15) is 25.3 Å². The van der Waals surface area contributed by atoms with Crippen LogP contribution < -0.4 is 15.2 Å². The molecule has 1 saturated carbocycles. The molecule has 1 unspecified atom stereocenters. The molecule has 5 heteroatoms. The van der Waals surface area contributed by atoms with Gasteiger partial charge in [-0.3, -0.25) is 4.79 Å². The molecular formula is C16H24N2O3. The molecule has 1 fully saturated rings. The fraction of sp³-hybridized carbons (Fsp3) is 0.562. The van der Waals surface area contributed by atoms with E-state index in [4.69, 9.17) is 15.2 Å². The van der Waals surface area contributed by atoms with Gasteiger partial charge in [0, 0.05) is 30.6 Å². The SMILES string of the molecule is COc1ccc(OC)c(CN(C(=O)C(C)CN)C2CC2)c1. The van der Waals surface area contributed by atoms with Gasteiger partial charge in [-0.2, -0.15) is 0 Å². The van der Waals surface area contributed by atoms with Crippen molar-refractivity contribution in [2.45, 2.75) is 32.4 Å². The molecule has 1 atom stereocenters. The first-order valence-corrected chi connectivity index (χ1v) is 7.32. The maximum Gasteiger partial charge on any atom is 0.227 e. The molecule has 0 saturated heterocycles. The lowest BCUT2D eigenvalue weighted by molar-refractivity contribution is -0.135. The van der Waals surface area contributed by atoms with E-state index in [2.05, 4.69) is 0 Å². The molecule has 0 bridgehead atoms. The van der Waals surface area contributed by atoms with E-state index < -0.39 is 0 Å². The first kappa shape index (κ1) is 15.6. The second-order valence-corrected chi connectivity index (χ2v) is 5.51. The van der Waals surface area contributed by atoms with Gasteiger partial charge in [-0.25, -0.2) is 0 Å². The molecule has 0 radical (unpaired) electrons. The van der Waals surface area contributed by atoms with Crippen molar-refractivity contribution in [3.05, 3.63) is 23.8 Å². The molecule has 0 spiro atoms. The predicted octanol–water partition coefficient (Wildman–Crippen LogP) is 1.79. The Morgan fingerprint density at radius 1 is 1.38 bits per heavy atom. The highest BCUT2D eigenvalue weighted by Crippen LogP contribution is 2.32. The highest BCUT2D eigenvalue weighted by Gasteiger charge is 2.34. The van der Waals surface area contributed by atoms with Crippen LogP contribution in [0.25, 0.3) is 0 Å². The lowest BCUT2D eigenvalue weighted by Gasteiger charge is -2.26. The highest BCUT2D eigenvalue weighted by atomic mass is 16.5. The van der Waals surface area contributed by atoms with Crippen LogP contribution in [0.15, 0.2) is 18.2 Å². The summed E-state index contributed by atoms with van der Waals surface area (Å²) in [7, 11) is 3.27. The van der Waals surface area contributed by atoms with Gasteiger partial charge in [0.15, 0.2) is 0 Å². The van der Waals surface area contributed by atoms with Gasteiger partial charge >= 0.3 is 0 Å². The second-order valence-electron chi connectivity index (χ2n) is 5.51. The Bertz CT molecular complexity index is 500. The fourth-order valence-corrected chi connectivity index (χ4v) is 2.35. The molecule has 0 aromatic heterocycles. The van der Waals surface area contributed by atoms with Crippen molar-refractivity contribution in [3.8, 4) is 11.5 Å². The molecule has 1 aliphatic rings. The Morgan fingerprint density at radius 2 is 2.10 bits per heavy atom. The number of amides is 1. The molecule has 0 heterocycles. The van der Waals surface area contributed by atoms with Crippen LogP contribution in [0.5, 0.6) is 11.5 Å². The monoisotopic (exact) mass is 292 g/mol. The standard InChI is InChI=1S/C16H24N2O3/c1-11(9-17)16(19)18(13-4-5-13)10-12-8-14(20-2)6-7-15(12)21-3/h6-8,11,13H,4-5,9-10,17H2,1-3H3. The molecule has 1 aromatic carbocycles. The summed E-state index contributed by atoms with van der Waals surface area (Å²) in [5.41, 5.74) is 6.59. The van der Waals surface area contributed by atoms with Gasteiger partial charge in [-0.05, 0) is 31.0 Å². The van der Waals surface area contributed by atoms with Gasteiger partial charge in [-0.15, -0.1) is 0 Å². The Kier molecular flexibility index (Phi) is 5.07. The van der Waals surface area contributed by atoms with Crippen molar-refractivity contribution in [1.82, 2.24) is 4.90 Å². The number of nitrogens with two attached hydrogens (primary N) is 1. The van der Waals surface area contributed by atoms with Crippen molar-refractivity contribution in [1.29, 1.82) is 0 Å². The number of methoxy groups -OCH3 is 2. The van der Waals surface area contributed by atoms with E-state index in [1.54, 1.807) is 14.2 Å².